The van der Waals surface area contributed by atoms with Crippen LogP contribution in [0.2, 0.25) is 0 Å². The van der Waals surface area contributed by atoms with Gasteiger partial charge in [0.1, 0.15) is 0 Å². The summed E-state index contributed by atoms with van der Waals surface area (Å²) >= 11 is 0. The fourth-order valence-electron chi connectivity index (χ4n) is 8.48. The van der Waals surface area contributed by atoms with Gasteiger partial charge in [0, 0.05) is 29.6 Å². The van der Waals surface area contributed by atoms with Crippen LogP contribution >= 0.6 is 0 Å². The minimum atomic E-state index is -0.128. The normalized spacial score (nSPS) is 43.9. The third-order valence-electron chi connectivity index (χ3n) is 8.69. The number of hydrogen-bond acceptors (Lipinski definition) is 2. The van der Waals surface area contributed by atoms with Crippen molar-refractivity contribution in [3.63, 3.8) is 0 Å². The topological polar surface area (TPSA) is 40.6 Å². The van der Waals surface area contributed by atoms with Crippen molar-refractivity contribution >= 4 is 11.8 Å². The molecule has 6 rings (SSSR count). The Hall–Kier alpha value is -0.463. The molecule has 0 aliphatic heterocycles. The van der Waals surface area contributed by atoms with Crippen molar-refractivity contribution in [2.45, 2.75) is 79.6 Å². The molecule has 0 aromatic rings. The van der Waals surface area contributed by atoms with Gasteiger partial charge in [-0.05, 0) is 61.3 Å². The molecule has 6 aliphatic carbocycles. The summed E-state index contributed by atoms with van der Waals surface area (Å²) in [6.07, 6.45) is 0. The first-order valence-electron chi connectivity index (χ1n) is 10.6. The summed E-state index contributed by atoms with van der Waals surface area (Å²) in [6, 6.07) is 0.996. The molecule has 27 heavy (non-hydrogen) atoms. The van der Waals surface area contributed by atoms with Crippen molar-refractivity contribution in [1.82, 2.24) is 9.80 Å². The average Bonchev–Trinajstić information content (AvgIpc) is 2.52. The Kier molecular flexibility index (Phi) is 3.94. The van der Waals surface area contributed by atoms with Gasteiger partial charge in [-0.15, -0.1) is 11.8 Å². The molecule has 4 nitrogen and oxygen atoms in total. The Bertz CT molecular complexity index is 584. The molecule has 5 heteroatoms. The van der Waals surface area contributed by atoms with Crippen molar-refractivity contribution in [3.05, 3.63) is 5.92 Å². The maximum absolute atomic E-state index is 13.5. The number of carbonyl (C=O) groups excluding carboxylic acids is 2. The van der Waals surface area contributed by atoms with E-state index in [9.17, 15) is 9.59 Å². The molecule has 0 N–H and O–H groups in total. The Balaban J connectivity index is 0.00000180. The van der Waals surface area contributed by atoms with E-state index in [4.69, 9.17) is 0 Å². The van der Waals surface area contributed by atoms with Crippen molar-refractivity contribution < 1.29 is 28.4 Å². The zero-order valence-electron chi connectivity index (χ0n) is 18.4. The fraction of sp³-hybridized carbons (Fsp3) is 0.864. The van der Waals surface area contributed by atoms with Crippen LogP contribution < -0.4 is 18.9 Å². The smallest absolute Gasteiger partial charge is 0.340 e. The van der Waals surface area contributed by atoms with Crippen LogP contribution in [0, 0.1) is 46.3 Å². The second kappa shape index (κ2) is 5.36. The minimum Gasteiger partial charge on any atom is -0.340 e. The van der Waals surface area contributed by atoms with Gasteiger partial charge in [-0.25, -0.2) is 0 Å². The Morgan fingerprint density at radius 2 is 1.07 bits per heavy atom. The van der Waals surface area contributed by atoms with Gasteiger partial charge < -0.3 is 9.80 Å². The van der Waals surface area contributed by atoms with E-state index in [2.05, 4.69) is 65.2 Å². The van der Waals surface area contributed by atoms with Gasteiger partial charge in [0.15, 0.2) is 5.91 Å². The van der Waals surface area contributed by atoms with E-state index >= 15 is 0 Å². The molecule has 0 aromatic carbocycles. The summed E-state index contributed by atoms with van der Waals surface area (Å²) in [6.45, 7) is 17.0. The summed E-state index contributed by atoms with van der Waals surface area (Å²) in [5, 5.41) is 0. The van der Waals surface area contributed by atoms with E-state index < -0.39 is 0 Å². The van der Waals surface area contributed by atoms with Crippen LogP contribution in [0.25, 0.3) is 0 Å². The summed E-state index contributed by atoms with van der Waals surface area (Å²) in [5.74, 6) is 4.63. The molecule has 0 spiro atoms. The number of hydrogen-bond donors (Lipinski definition) is 0. The first-order chi connectivity index (χ1) is 12.1. The van der Waals surface area contributed by atoms with Gasteiger partial charge in [0.05, 0.1) is 0 Å². The summed E-state index contributed by atoms with van der Waals surface area (Å²) in [7, 11) is 0. The molecule has 0 aromatic heterocycles. The molecule has 6 aliphatic rings. The summed E-state index contributed by atoms with van der Waals surface area (Å²) in [4.78, 5) is 31.1. The average molecular weight is 364 g/mol. The molecule has 4 unspecified atom stereocenters. The molecule has 0 heterocycles. The van der Waals surface area contributed by atoms with Crippen LogP contribution in [-0.2, 0) is 9.59 Å². The third kappa shape index (κ3) is 1.55. The quantitative estimate of drug-likeness (QED) is 0.491. The Labute approximate surface area is 176 Å². The Morgan fingerprint density at radius 3 is 1.37 bits per heavy atom. The molecule has 0 radical (unpaired) electrons. The second-order valence-corrected chi connectivity index (χ2v) is 10.6. The van der Waals surface area contributed by atoms with Crippen LogP contribution in [0.1, 0.15) is 55.4 Å². The first-order valence-corrected chi connectivity index (χ1v) is 10.6. The predicted octanol–water partition coefficient (Wildman–Crippen LogP) is -0.0225. The van der Waals surface area contributed by atoms with Crippen LogP contribution in [0.15, 0.2) is 0 Å². The predicted molar refractivity (Wildman–Crippen MR) is 99.8 cm³/mol. The van der Waals surface area contributed by atoms with Crippen molar-refractivity contribution in [2.75, 3.05) is 0 Å². The van der Waals surface area contributed by atoms with Gasteiger partial charge in [0.25, 0.3) is 0 Å². The summed E-state index contributed by atoms with van der Waals surface area (Å²) in [5.41, 5.74) is -0.210. The zero-order chi connectivity index (χ0) is 19.1. The zero-order valence-corrected chi connectivity index (χ0v) is 18.4. The molecular weight excluding hydrogens is 331 g/mol. The SMILES string of the molecule is CC(C)N(C(=O)C12[C-]3C4C1C1C2C3C41C(=O)N(C(C)C)C(C)C)C(C)C.[Li+]. The molecule has 0 saturated heterocycles. The van der Waals surface area contributed by atoms with E-state index in [0.29, 0.717) is 41.4 Å². The third-order valence-corrected chi connectivity index (χ3v) is 8.69. The van der Waals surface area contributed by atoms with Gasteiger partial charge in [-0.3, -0.25) is 15.5 Å². The number of amides is 2. The maximum Gasteiger partial charge on any atom is 1.00 e. The van der Waals surface area contributed by atoms with E-state index in [1.165, 1.54) is 5.92 Å². The molecule has 4 atom stereocenters. The van der Waals surface area contributed by atoms with Crippen LogP contribution in [0.4, 0.5) is 0 Å². The molecule has 2 amide bonds. The molecule has 6 saturated carbocycles. The fourth-order valence-corrected chi connectivity index (χ4v) is 8.48. The van der Waals surface area contributed by atoms with E-state index in [0.717, 1.165) is 0 Å². The number of nitrogens with zero attached hydrogens (tertiary/aromatic N) is 2. The van der Waals surface area contributed by atoms with Crippen molar-refractivity contribution in [1.29, 1.82) is 0 Å². The minimum absolute atomic E-state index is 0. The Morgan fingerprint density at radius 1 is 0.704 bits per heavy atom. The monoisotopic (exact) mass is 364 g/mol. The molecule has 6 fully saturated rings. The van der Waals surface area contributed by atoms with Gasteiger partial charge >= 0.3 is 18.9 Å². The number of carbonyl (C=O) groups is 2. The second-order valence-electron chi connectivity index (χ2n) is 10.6. The van der Waals surface area contributed by atoms with Gasteiger partial charge in [0.2, 0.25) is 5.91 Å². The van der Waals surface area contributed by atoms with Crippen molar-refractivity contribution in [2.24, 2.45) is 40.4 Å². The molecule has 0 bridgehead atoms. The standard InChI is InChI=1S/C22H33N2O2.Li/c1-9(2)23(10(3)4)19(25)21-13-16-14(21)18-15(21)17(13)22(16,18)20(26)24(11(5)6)12(7)8;/h9-17H,1-8H3;/q-1;+1. The van der Waals surface area contributed by atoms with E-state index in [-0.39, 0.29) is 53.9 Å². The maximum atomic E-state index is 13.5. The molecular formula is C22H33LiN2O2. The number of rotatable bonds is 6. The van der Waals surface area contributed by atoms with E-state index in [1.54, 1.807) is 0 Å². The van der Waals surface area contributed by atoms with Crippen LogP contribution in [0.5, 0.6) is 0 Å². The van der Waals surface area contributed by atoms with E-state index in [1.807, 2.05) is 0 Å². The molecule has 144 valence electrons. The van der Waals surface area contributed by atoms with Crippen LogP contribution in [-0.4, -0.2) is 45.8 Å². The van der Waals surface area contributed by atoms with Crippen LogP contribution in [0.3, 0.4) is 0 Å². The van der Waals surface area contributed by atoms with Crippen molar-refractivity contribution in [3.8, 4) is 0 Å². The van der Waals surface area contributed by atoms with Gasteiger partial charge in [-0.2, -0.15) is 0 Å². The largest absolute Gasteiger partial charge is 1.00 e. The summed E-state index contributed by atoms with van der Waals surface area (Å²) < 4.78 is 0. The first kappa shape index (κ1) is 19.8. The van der Waals surface area contributed by atoms with Gasteiger partial charge in [-0.1, -0.05) is 17.3 Å².